The molecule has 19 heavy (non-hydrogen) atoms. The van der Waals surface area contributed by atoms with Gasteiger partial charge in [-0.05, 0) is 12.8 Å². The molecule has 0 amide bonds. The molecule has 0 saturated carbocycles. The third-order valence-electron chi connectivity index (χ3n) is 4.01. The van der Waals surface area contributed by atoms with Crippen molar-refractivity contribution in [3.05, 3.63) is 17.5 Å². The Morgan fingerprint density at radius 1 is 1.37 bits per heavy atom. The van der Waals surface area contributed by atoms with Gasteiger partial charge in [0.05, 0.1) is 5.69 Å². The Labute approximate surface area is 114 Å². The van der Waals surface area contributed by atoms with Crippen LogP contribution in [0.3, 0.4) is 0 Å². The largest absolute Gasteiger partial charge is 0.381 e. The molecule has 0 bridgehead atoms. The third kappa shape index (κ3) is 2.72. The van der Waals surface area contributed by atoms with Crippen molar-refractivity contribution in [3.63, 3.8) is 0 Å². The summed E-state index contributed by atoms with van der Waals surface area (Å²) < 4.78 is 5.36. The van der Waals surface area contributed by atoms with Crippen LogP contribution in [0.2, 0.25) is 0 Å². The number of nitrogens with zero attached hydrogens (tertiary/aromatic N) is 2. The van der Waals surface area contributed by atoms with Crippen molar-refractivity contribution >= 4 is 5.95 Å². The topological polar surface area (TPSA) is 59.1 Å². The Morgan fingerprint density at radius 2 is 2.16 bits per heavy atom. The minimum Gasteiger partial charge on any atom is -0.381 e. The molecule has 1 aromatic heterocycles. The smallest absolute Gasteiger partial charge is 0.223 e. The lowest BCUT2D eigenvalue weighted by Gasteiger charge is -2.32. The third-order valence-corrected chi connectivity index (χ3v) is 4.01. The zero-order chi connectivity index (χ0) is 13.3. The summed E-state index contributed by atoms with van der Waals surface area (Å²) in [4.78, 5) is 9.17. The minimum absolute atomic E-state index is 0.116. The fraction of sp³-hybridized carbons (Fsp3) is 0.714. The second-order valence-electron chi connectivity index (χ2n) is 6.07. The van der Waals surface area contributed by atoms with E-state index in [-0.39, 0.29) is 5.41 Å². The van der Waals surface area contributed by atoms with Crippen LogP contribution >= 0.6 is 0 Å². The predicted molar refractivity (Wildman–Crippen MR) is 74.2 cm³/mol. The van der Waals surface area contributed by atoms with Crippen LogP contribution in [-0.4, -0.2) is 35.8 Å². The van der Waals surface area contributed by atoms with Gasteiger partial charge in [0.25, 0.3) is 0 Å². The number of aromatic nitrogens is 2. The number of hydrogen-bond acceptors (Lipinski definition) is 5. The van der Waals surface area contributed by atoms with E-state index in [1.54, 1.807) is 0 Å². The van der Waals surface area contributed by atoms with Crippen molar-refractivity contribution in [3.8, 4) is 0 Å². The van der Waals surface area contributed by atoms with E-state index in [0.717, 1.165) is 50.8 Å². The zero-order valence-electron chi connectivity index (χ0n) is 11.7. The van der Waals surface area contributed by atoms with Crippen LogP contribution in [0.15, 0.2) is 6.20 Å². The highest BCUT2D eigenvalue weighted by Gasteiger charge is 2.29. The summed E-state index contributed by atoms with van der Waals surface area (Å²) in [6.45, 7) is 7.94. The van der Waals surface area contributed by atoms with Crippen LogP contribution in [0.5, 0.6) is 0 Å². The maximum absolute atomic E-state index is 5.36. The quantitative estimate of drug-likeness (QED) is 0.845. The lowest BCUT2D eigenvalue weighted by atomic mass is 9.82. The SMILES string of the molecule is CC1(C)CNCc2nc(NC3CCOCC3)ncc21. The van der Waals surface area contributed by atoms with Crippen molar-refractivity contribution in [1.29, 1.82) is 0 Å². The van der Waals surface area contributed by atoms with Crippen molar-refractivity contribution < 1.29 is 4.74 Å². The second-order valence-corrected chi connectivity index (χ2v) is 6.07. The van der Waals surface area contributed by atoms with Crippen molar-refractivity contribution in [2.24, 2.45) is 0 Å². The van der Waals surface area contributed by atoms with Crippen molar-refractivity contribution in [2.75, 3.05) is 25.1 Å². The molecule has 0 aliphatic carbocycles. The van der Waals surface area contributed by atoms with Gasteiger partial charge in [-0.1, -0.05) is 13.8 Å². The normalized spacial score (nSPS) is 22.8. The lowest BCUT2D eigenvalue weighted by molar-refractivity contribution is 0.0903. The molecule has 104 valence electrons. The molecule has 0 atom stereocenters. The molecular weight excluding hydrogens is 240 g/mol. The Kier molecular flexibility index (Phi) is 3.41. The van der Waals surface area contributed by atoms with Gasteiger partial charge in [0, 0.05) is 49.5 Å². The second kappa shape index (κ2) is 5.06. The van der Waals surface area contributed by atoms with Crippen LogP contribution in [0.25, 0.3) is 0 Å². The zero-order valence-corrected chi connectivity index (χ0v) is 11.7. The van der Waals surface area contributed by atoms with E-state index < -0.39 is 0 Å². The Bertz CT molecular complexity index is 455. The van der Waals surface area contributed by atoms with E-state index in [2.05, 4.69) is 34.4 Å². The number of hydrogen-bond donors (Lipinski definition) is 2. The van der Waals surface area contributed by atoms with Crippen molar-refractivity contribution in [1.82, 2.24) is 15.3 Å². The summed E-state index contributed by atoms with van der Waals surface area (Å²) in [6, 6.07) is 0.441. The van der Waals surface area contributed by atoms with E-state index in [4.69, 9.17) is 4.74 Å². The summed E-state index contributed by atoms with van der Waals surface area (Å²) in [6.07, 6.45) is 4.05. The Hall–Kier alpha value is -1.20. The average Bonchev–Trinajstić information content (AvgIpc) is 2.39. The summed E-state index contributed by atoms with van der Waals surface area (Å²) in [5.41, 5.74) is 2.51. The number of fused-ring (bicyclic) bond motifs is 1. The van der Waals surface area contributed by atoms with E-state index >= 15 is 0 Å². The molecule has 0 unspecified atom stereocenters. The van der Waals surface area contributed by atoms with Gasteiger partial charge in [-0.25, -0.2) is 9.97 Å². The monoisotopic (exact) mass is 262 g/mol. The molecule has 0 radical (unpaired) electrons. The highest BCUT2D eigenvalue weighted by atomic mass is 16.5. The summed E-state index contributed by atoms with van der Waals surface area (Å²) in [5, 5.41) is 6.85. The van der Waals surface area contributed by atoms with Gasteiger partial charge in [0.2, 0.25) is 5.95 Å². The van der Waals surface area contributed by atoms with Crippen LogP contribution in [0.4, 0.5) is 5.95 Å². The van der Waals surface area contributed by atoms with E-state index in [9.17, 15) is 0 Å². The highest BCUT2D eigenvalue weighted by molar-refractivity contribution is 5.36. The van der Waals surface area contributed by atoms with Gasteiger partial charge in [-0.15, -0.1) is 0 Å². The molecule has 1 saturated heterocycles. The fourth-order valence-corrected chi connectivity index (χ4v) is 2.80. The first-order valence-corrected chi connectivity index (χ1v) is 7.06. The molecule has 2 aliphatic heterocycles. The number of rotatable bonds is 2. The van der Waals surface area contributed by atoms with E-state index in [0.29, 0.717) is 6.04 Å². The molecule has 1 aromatic rings. The van der Waals surface area contributed by atoms with Gasteiger partial charge in [-0.2, -0.15) is 0 Å². The first-order chi connectivity index (χ1) is 9.15. The van der Waals surface area contributed by atoms with Crippen molar-refractivity contribution in [2.45, 2.75) is 44.7 Å². The molecule has 0 aromatic carbocycles. The standard InChI is InChI=1S/C14H22N4O/c1-14(2)9-15-8-12-11(14)7-16-13(18-12)17-10-3-5-19-6-4-10/h7,10,15H,3-6,8-9H2,1-2H3,(H,16,17,18). The average molecular weight is 262 g/mol. The summed E-state index contributed by atoms with van der Waals surface area (Å²) in [7, 11) is 0. The molecule has 3 rings (SSSR count). The molecule has 5 nitrogen and oxygen atoms in total. The molecule has 1 fully saturated rings. The number of nitrogens with one attached hydrogen (secondary N) is 2. The first kappa shape index (κ1) is 12.8. The van der Waals surface area contributed by atoms with Gasteiger partial charge >= 0.3 is 0 Å². The maximum Gasteiger partial charge on any atom is 0.223 e. The molecule has 0 spiro atoms. The van der Waals surface area contributed by atoms with Crippen LogP contribution < -0.4 is 10.6 Å². The maximum atomic E-state index is 5.36. The minimum atomic E-state index is 0.116. The highest BCUT2D eigenvalue weighted by Crippen LogP contribution is 2.28. The fourth-order valence-electron chi connectivity index (χ4n) is 2.80. The summed E-state index contributed by atoms with van der Waals surface area (Å²) in [5.74, 6) is 0.755. The van der Waals surface area contributed by atoms with Gasteiger partial charge in [0.15, 0.2) is 0 Å². The summed E-state index contributed by atoms with van der Waals surface area (Å²) >= 11 is 0. The van der Waals surface area contributed by atoms with Crippen LogP contribution in [0, 0.1) is 0 Å². The Morgan fingerprint density at radius 3 is 2.95 bits per heavy atom. The van der Waals surface area contributed by atoms with E-state index in [1.165, 1.54) is 5.56 Å². The molecule has 2 N–H and O–H groups in total. The predicted octanol–water partition coefficient (Wildman–Crippen LogP) is 1.45. The number of ether oxygens (including phenoxy) is 1. The van der Waals surface area contributed by atoms with E-state index in [1.807, 2.05) is 6.20 Å². The van der Waals surface area contributed by atoms with Gasteiger partial charge < -0.3 is 15.4 Å². The van der Waals surface area contributed by atoms with Gasteiger partial charge in [0.1, 0.15) is 0 Å². The van der Waals surface area contributed by atoms with Crippen LogP contribution in [0.1, 0.15) is 37.9 Å². The molecule has 5 heteroatoms. The number of anilines is 1. The Balaban J connectivity index is 1.77. The van der Waals surface area contributed by atoms with Crippen LogP contribution in [-0.2, 0) is 16.7 Å². The molecule has 2 aliphatic rings. The first-order valence-electron chi connectivity index (χ1n) is 7.06. The molecular formula is C14H22N4O. The lowest BCUT2D eigenvalue weighted by Crippen LogP contribution is -2.39. The van der Waals surface area contributed by atoms with Gasteiger partial charge in [-0.3, -0.25) is 0 Å². The molecule has 3 heterocycles.